The van der Waals surface area contributed by atoms with Gasteiger partial charge in [-0.2, -0.15) is 0 Å². The van der Waals surface area contributed by atoms with Crippen LogP contribution in [0.4, 0.5) is 5.69 Å². The van der Waals surface area contributed by atoms with E-state index in [-0.39, 0.29) is 18.3 Å². The summed E-state index contributed by atoms with van der Waals surface area (Å²) < 4.78 is 0. The molecule has 0 bridgehead atoms. The lowest BCUT2D eigenvalue weighted by atomic mass is 10.0. The van der Waals surface area contributed by atoms with E-state index in [2.05, 4.69) is 13.1 Å². The zero-order chi connectivity index (χ0) is 19.0. The van der Waals surface area contributed by atoms with Gasteiger partial charge in [0.2, 0.25) is 6.17 Å². The van der Waals surface area contributed by atoms with Crippen LogP contribution in [0.1, 0.15) is 18.1 Å². The largest absolute Gasteiger partial charge is 1.00 e. The molecule has 0 radical (unpaired) electrons. The lowest BCUT2D eigenvalue weighted by Gasteiger charge is -2.25. The number of carbonyl (C=O) groups is 1. The SMILES string of the molecule is CC[NH+]1C=CN(C2N=C(c3ccccc3)c3cc(Cl)ccc3N(C)C2=O)C1.[Cl-]. The number of nitrogens with one attached hydrogen (secondary N) is 1. The second-order valence-corrected chi connectivity index (χ2v) is 7.21. The van der Waals surface area contributed by atoms with Crippen LogP contribution in [0.2, 0.25) is 5.02 Å². The van der Waals surface area contributed by atoms with E-state index >= 15 is 0 Å². The van der Waals surface area contributed by atoms with Crippen LogP contribution in [0.25, 0.3) is 0 Å². The molecule has 1 N–H and O–H groups in total. The summed E-state index contributed by atoms with van der Waals surface area (Å²) in [6.45, 7) is 3.82. The van der Waals surface area contributed by atoms with E-state index in [1.54, 1.807) is 11.9 Å². The van der Waals surface area contributed by atoms with Crippen LogP contribution in [0.5, 0.6) is 0 Å². The third-order valence-corrected chi connectivity index (χ3v) is 5.32. The maximum Gasteiger partial charge on any atom is 0.272 e. The number of aliphatic imine (C=N–C) groups is 1. The molecular weight excluding hydrogens is 395 g/mol. The van der Waals surface area contributed by atoms with Gasteiger partial charge < -0.3 is 17.3 Å². The molecule has 2 aliphatic heterocycles. The molecule has 0 aliphatic carbocycles. The first kappa shape index (κ1) is 20.4. The number of rotatable bonds is 3. The molecule has 2 atom stereocenters. The number of likely N-dealkylation sites (N-methyl/N-ethyl adjacent to an activating group) is 1. The van der Waals surface area contributed by atoms with E-state index in [0.717, 1.165) is 35.7 Å². The summed E-state index contributed by atoms with van der Waals surface area (Å²) in [6.07, 6.45) is 3.46. The molecule has 2 unspecified atom stereocenters. The van der Waals surface area contributed by atoms with Crippen LogP contribution >= 0.6 is 11.6 Å². The molecular formula is C21H22Cl2N4O. The Hall–Kier alpha value is -2.34. The van der Waals surface area contributed by atoms with Gasteiger partial charge in [0.15, 0.2) is 6.67 Å². The first-order chi connectivity index (χ1) is 13.1. The van der Waals surface area contributed by atoms with Crippen LogP contribution in [0.15, 0.2) is 65.9 Å². The van der Waals surface area contributed by atoms with Crippen LogP contribution in [-0.4, -0.2) is 42.9 Å². The maximum atomic E-state index is 13.3. The number of carbonyl (C=O) groups excluding carboxylic acids is 1. The number of hydrogen-bond donors (Lipinski definition) is 1. The topological polar surface area (TPSA) is 40.4 Å². The Bertz CT molecular complexity index is 929. The predicted octanol–water partition coefficient (Wildman–Crippen LogP) is -0.867. The van der Waals surface area contributed by atoms with Crippen molar-refractivity contribution in [1.29, 1.82) is 0 Å². The molecule has 1 amide bonds. The standard InChI is InChI=1S/C21H21ClN4O.ClH/c1-3-25-11-12-26(14-25)20-21(27)24(2)18-10-9-16(22)13-17(18)19(23-20)15-7-5-4-6-8-15;/h4-13,20H,3,14H2,1-2H3;1H. The Kier molecular flexibility index (Phi) is 6.08. The molecule has 2 heterocycles. The number of amides is 1. The third kappa shape index (κ3) is 3.65. The van der Waals surface area contributed by atoms with Crippen molar-refractivity contribution in [2.75, 3.05) is 25.2 Å². The Labute approximate surface area is 176 Å². The van der Waals surface area contributed by atoms with Crippen molar-refractivity contribution >= 4 is 28.9 Å². The van der Waals surface area contributed by atoms with E-state index in [9.17, 15) is 4.79 Å². The Morgan fingerprint density at radius 3 is 2.64 bits per heavy atom. The molecule has 2 aromatic carbocycles. The summed E-state index contributed by atoms with van der Waals surface area (Å²) in [5, 5.41) is 0.624. The zero-order valence-corrected chi connectivity index (χ0v) is 17.3. The van der Waals surface area contributed by atoms with Crippen LogP contribution in [0.3, 0.4) is 0 Å². The Morgan fingerprint density at radius 2 is 1.96 bits per heavy atom. The molecule has 0 spiro atoms. The minimum absolute atomic E-state index is 0. The summed E-state index contributed by atoms with van der Waals surface area (Å²) >= 11 is 6.28. The van der Waals surface area contributed by atoms with Gasteiger partial charge in [-0.15, -0.1) is 0 Å². The van der Waals surface area contributed by atoms with Gasteiger partial charge in [-0.1, -0.05) is 41.9 Å². The number of nitrogens with zero attached hydrogens (tertiary/aromatic N) is 3. The highest BCUT2D eigenvalue weighted by Crippen LogP contribution is 2.30. The van der Waals surface area contributed by atoms with Gasteiger partial charge in [-0.05, 0) is 25.1 Å². The molecule has 2 aromatic rings. The summed E-state index contributed by atoms with van der Waals surface area (Å²) in [5.74, 6) is -0.0495. The number of benzodiazepines with no additional fused rings is 1. The van der Waals surface area contributed by atoms with Crippen LogP contribution in [0, 0.1) is 0 Å². The van der Waals surface area contributed by atoms with Crippen molar-refractivity contribution < 1.29 is 22.1 Å². The highest BCUT2D eigenvalue weighted by atomic mass is 35.5. The molecule has 0 aromatic heterocycles. The fourth-order valence-corrected chi connectivity index (χ4v) is 3.68. The molecule has 28 heavy (non-hydrogen) atoms. The van der Waals surface area contributed by atoms with E-state index < -0.39 is 6.17 Å². The second kappa shape index (κ2) is 8.35. The summed E-state index contributed by atoms with van der Waals surface area (Å²) in [5.41, 5.74) is 3.44. The molecule has 2 aliphatic rings. The van der Waals surface area contributed by atoms with Gasteiger partial charge in [0.05, 0.1) is 24.1 Å². The van der Waals surface area contributed by atoms with E-state index in [0.29, 0.717) is 5.02 Å². The molecule has 5 nitrogen and oxygen atoms in total. The maximum absolute atomic E-state index is 13.3. The zero-order valence-electron chi connectivity index (χ0n) is 15.8. The number of hydrogen-bond acceptors (Lipinski definition) is 3. The first-order valence-electron chi connectivity index (χ1n) is 9.08. The highest BCUT2D eigenvalue weighted by molar-refractivity contribution is 6.32. The van der Waals surface area contributed by atoms with Gasteiger partial charge in [-0.3, -0.25) is 14.6 Å². The van der Waals surface area contributed by atoms with Gasteiger partial charge in [-0.25, -0.2) is 4.99 Å². The van der Waals surface area contributed by atoms with Crippen LogP contribution < -0.4 is 22.2 Å². The van der Waals surface area contributed by atoms with Gasteiger partial charge in [0, 0.05) is 23.2 Å². The van der Waals surface area contributed by atoms with Crippen molar-refractivity contribution in [2.45, 2.75) is 13.1 Å². The molecule has 146 valence electrons. The Morgan fingerprint density at radius 1 is 1.21 bits per heavy atom. The fraction of sp³-hybridized carbons (Fsp3) is 0.238. The number of halogens is 2. The van der Waals surface area contributed by atoms with Gasteiger partial charge in [0.1, 0.15) is 6.20 Å². The molecule has 0 fully saturated rings. The lowest BCUT2D eigenvalue weighted by molar-refractivity contribution is -0.847. The molecule has 0 saturated carbocycles. The monoisotopic (exact) mass is 416 g/mol. The van der Waals surface area contributed by atoms with Gasteiger partial charge >= 0.3 is 0 Å². The second-order valence-electron chi connectivity index (χ2n) is 6.78. The van der Waals surface area contributed by atoms with Crippen molar-refractivity contribution in [1.82, 2.24) is 4.90 Å². The molecule has 7 heteroatoms. The number of quaternary nitrogens is 1. The quantitative estimate of drug-likeness (QED) is 0.706. The summed E-state index contributed by atoms with van der Waals surface area (Å²) in [4.78, 5) is 23.2. The third-order valence-electron chi connectivity index (χ3n) is 5.08. The summed E-state index contributed by atoms with van der Waals surface area (Å²) in [6, 6.07) is 15.5. The van der Waals surface area contributed by atoms with E-state index in [1.807, 2.05) is 59.6 Å². The van der Waals surface area contributed by atoms with E-state index in [1.165, 1.54) is 4.90 Å². The van der Waals surface area contributed by atoms with Crippen molar-refractivity contribution in [2.24, 2.45) is 4.99 Å². The van der Waals surface area contributed by atoms with Crippen molar-refractivity contribution in [3.63, 3.8) is 0 Å². The fourth-order valence-electron chi connectivity index (χ4n) is 3.51. The average molecular weight is 417 g/mol. The molecule has 4 rings (SSSR count). The van der Waals surface area contributed by atoms with Crippen molar-refractivity contribution in [3.8, 4) is 0 Å². The van der Waals surface area contributed by atoms with Crippen LogP contribution in [-0.2, 0) is 4.79 Å². The normalized spacial score (nSPS) is 21.1. The van der Waals surface area contributed by atoms with Gasteiger partial charge in [0.25, 0.3) is 5.91 Å². The first-order valence-corrected chi connectivity index (χ1v) is 9.45. The van der Waals surface area contributed by atoms with E-state index in [4.69, 9.17) is 16.6 Å². The number of anilines is 1. The average Bonchev–Trinajstić information content (AvgIpc) is 3.14. The molecule has 0 saturated heterocycles. The highest BCUT2D eigenvalue weighted by Gasteiger charge is 2.35. The minimum atomic E-state index is -0.600. The number of fused-ring (bicyclic) bond motifs is 1. The summed E-state index contributed by atoms with van der Waals surface area (Å²) in [7, 11) is 1.80. The van der Waals surface area contributed by atoms with Crippen molar-refractivity contribution in [3.05, 3.63) is 77.1 Å². The predicted molar refractivity (Wildman–Crippen MR) is 108 cm³/mol. The number of benzene rings is 2. The minimum Gasteiger partial charge on any atom is -1.00 e. The smallest absolute Gasteiger partial charge is 0.272 e. The lowest BCUT2D eigenvalue weighted by Crippen LogP contribution is -3.07. The Balaban J connectivity index is 0.00000225.